The summed E-state index contributed by atoms with van der Waals surface area (Å²) >= 11 is 0. The largest absolute Gasteiger partial charge is 0.356 e. The van der Waals surface area contributed by atoms with Gasteiger partial charge in [0.2, 0.25) is 0 Å². The SMILES string of the molecule is CN(c1nc(-c2ccccc2)ncc1C(=O)NCc1ccc(F)cc1)C1CCCCC1. The minimum absolute atomic E-state index is 0.235. The van der Waals surface area contributed by atoms with Crippen molar-refractivity contribution in [1.29, 1.82) is 0 Å². The number of rotatable bonds is 6. The van der Waals surface area contributed by atoms with Crippen molar-refractivity contribution in [3.8, 4) is 11.4 Å². The third-order valence-electron chi connectivity index (χ3n) is 5.87. The molecular formula is C25H27FN4O. The number of benzene rings is 2. The second-order valence-electron chi connectivity index (χ2n) is 8.01. The van der Waals surface area contributed by atoms with E-state index in [0.29, 0.717) is 29.8 Å². The number of nitrogens with zero attached hydrogens (tertiary/aromatic N) is 3. The van der Waals surface area contributed by atoms with Gasteiger partial charge < -0.3 is 10.2 Å². The van der Waals surface area contributed by atoms with Crippen molar-refractivity contribution in [2.45, 2.75) is 44.7 Å². The molecule has 0 saturated heterocycles. The van der Waals surface area contributed by atoms with Crippen molar-refractivity contribution >= 4 is 11.7 Å². The molecule has 4 rings (SSSR count). The molecule has 1 amide bonds. The molecule has 3 aromatic rings. The van der Waals surface area contributed by atoms with Gasteiger partial charge in [0.15, 0.2) is 5.82 Å². The second kappa shape index (κ2) is 9.69. The number of anilines is 1. The summed E-state index contributed by atoms with van der Waals surface area (Å²) in [5.41, 5.74) is 2.20. The molecule has 1 fully saturated rings. The molecule has 1 aromatic heterocycles. The second-order valence-corrected chi connectivity index (χ2v) is 8.01. The minimum Gasteiger partial charge on any atom is -0.356 e. The quantitative estimate of drug-likeness (QED) is 0.613. The van der Waals surface area contributed by atoms with Gasteiger partial charge in [-0.05, 0) is 30.5 Å². The molecular weight excluding hydrogens is 391 g/mol. The van der Waals surface area contributed by atoms with Gasteiger partial charge in [0, 0.05) is 31.4 Å². The zero-order valence-electron chi connectivity index (χ0n) is 17.7. The van der Waals surface area contributed by atoms with Crippen LogP contribution >= 0.6 is 0 Å². The summed E-state index contributed by atoms with van der Waals surface area (Å²) in [5.74, 6) is 0.726. The Morgan fingerprint density at radius 1 is 1.06 bits per heavy atom. The maximum Gasteiger partial charge on any atom is 0.256 e. The summed E-state index contributed by atoms with van der Waals surface area (Å²) in [7, 11) is 2.02. The Labute approximate surface area is 182 Å². The smallest absolute Gasteiger partial charge is 0.256 e. The molecule has 1 aliphatic carbocycles. The molecule has 0 spiro atoms. The number of amides is 1. The molecule has 1 saturated carbocycles. The molecule has 0 bridgehead atoms. The number of carbonyl (C=O) groups is 1. The Bertz CT molecular complexity index is 1020. The predicted octanol–water partition coefficient (Wildman–Crippen LogP) is 4.98. The van der Waals surface area contributed by atoms with Gasteiger partial charge in [-0.3, -0.25) is 4.79 Å². The van der Waals surface area contributed by atoms with Crippen molar-refractivity contribution in [2.75, 3.05) is 11.9 Å². The number of carbonyl (C=O) groups excluding carboxylic acids is 1. The molecule has 1 N–H and O–H groups in total. The summed E-state index contributed by atoms with van der Waals surface area (Å²) in [6.07, 6.45) is 7.45. The van der Waals surface area contributed by atoms with Crippen molar-refractivity contribution in [2.24, 2.45) is 0 Å². The van der Waals surface area contributed by atoms with Gasteiger partial charge in [-0.1, -0.05) is 61.7 Å². The van der Waals surface area contributed by atoms with Crippen LogP contribution in [0.25, 0.3) is 11.4 Å². The van der Waals surface area contributed by atoms with Crippen molar-refractivity contribution in [1.82, 2.24) is 15.3 Å². The fourth-order valence-electron chi connectivity index (χ4n) is 4.05. The van der Waals surface area contributed by atoms with E-state index < -0.39 is 0 Å². The number of hydrogen-bond donors (Lipinski definition) is 1. The Kier molecular flexibility index (Phi) is 6.55. The molecule has 0 aliphatic heterocycles. The van der Waals surface area contributed by atoms with E-state index in [2.05, 4.69) is 15.2 Å². The summed E-state index contributed by atoms with van der Waals surface area (Å²) in [6.45, 7) is 0.312. The van der Waals surface area contributed by atoms with Crippen LogP contribution in [0.2, 0.25) is 0 Å². The van der Waals surface area contributed by atoms with Crippen molar-refractivity contribution in [3.63, 3.8) is 0 Å². The number of nitrogens with one attached hydrogen (secondary N) is 1. The minimum atomic E-state index is -0.295. The maximum atomic E-state index is 13.1. The Morgan fingerprint density at radius 2 is 1.77 bits per heavy atom. The highest BCUT2D eigenvalue weighted by atomic mass is 19.1. The lowest BCUT2D eigenvalue weighted by Crippen LogP contribution is -2.36. The van der Waals surface area contributed by atoms with Crippen LogP contribution in [0.15, 0.2) is 60.8 Å². The Morgan fingerprint density at radius 3 is 2.48 bits per heavy atom. The molecule has 31 heavy (non-hydrogen) atoms. The lowest BCUT2D eigenvalue weighted by Gasteiger charge is -2.33. The fourth-order valence-corrected chi connectivity index (χ4v) is 4.05. The zero-order valence-corrected chi connectivity index (χ0v) is 17.7. The van der Waals surface area contributed by atoms with Crippen molar-refractivity contribution < 1.29 is 9.18 Å². The first-order valence-electron chi connectivity index (χ1n) is 10.8. The van der Waals surface area contributed by atoms with Gasteiger partial charge in [-0.2, -0.15) is 0 Å². The predicted molar refractivity (Wildman–Crippen MR) is 120 cm³/mol. The van der Waals surface area contributed by atoms with Gasteiger partial charge in [0.05, 0.1) is 0 Å². The topological polar surface area (TPSA) is 58.1 Å². The van der Waals surface area contributed by atoms with Crippen molar-refractivity contribution in [3.05, 3.63) is 77.7 Å². The summed E-state index contributed by atoms with van der Waals surface area (Å²) in [5, 5.41) is 2.92. The van der Waals surface area contributed by atoms with Gasteiger partial charge >= 0.3 is 0 Å². The van der Waals surface area contributed by atoms with Crippen LogP contribution in [0.1, 0.15) is 48.0 Å². The van der Waals surface area contributed by atoms with E-state index in [1.54, 1.807) is 18.3 Å². The third-order valence-corrected chi connectivity index (χ3v) is 5.87. The highest BCUT2D eigenvalue weighted by molar-refractivity contribution is 5.98. The van der Waals surface area contributed by atoms with Gasteiger partial charge in [0.25, 0.3) is 5.91 Å². The van der Waals surface area contributed by atoms with Gasteiger partial charge in [-0.25, -0.2) is 14.4 Å². The summed E-state index contributed by atoms with van der Waals surface area (Å²) < 4.78 is 13.1. The van der Waals surface area contributed by atoms with Crippen LogP contribution < -0.4 is 10.2 Å². The average molecular weight is 419 g/mol. The molecule has 2 aromatic carbocycles. The zero-order chi connectivity index (χ0) is 21.6. The van der Waals surface area contributed by atoms with Crippen LogP contribution in [0.5, 0.6) is 0 Å². The highest BCUT2D eigenvalue weighted by Crippen LogP contribution is 2.28. The first-order valence-corrected chi connectivity index (χ1v) is 10.8. The third kappa shape index (κ3) is 5.08. The van der Waals surface area contributed by atoms with Crippen LogP contribution in [-0.2, 0) is 6.54 Å². The summed E-state index contributed by atoms with van der Waals surface area (Å²) in [4.78, 5) is 24.5. The normalized spacial score (nSPS) is 14.3. The number of hydrogen-bond acceptors (Lipinski definition) is 4. The lowest BCUT2D eigenvalue weighted by atomic mass is 9.94. The van der Waals surface area contributed by atoms with Crippen LogP contribution in [0, 0.1) is 5.82 Å². The Hall–Kier alpha value is -3.28. The van der Waals surface area contributed by atoms with E-state index in [9.17, 15) is 9.18 Å². The van der Waals surface area contributed by atoms with E-state index in [-0.39, 0.29) is 11.7 Å². The van der Waals surface area contributed by atoms with E-state index in [0.717, 1.165) is 24.0 Å². The average Bonchev–Trinajstić information content (AvgIpc) is 2.84. The number of halogens is 1. The van der Waals surface area contributed by atoms with E-state index in [4.69, 9.17) is 4.98 Å². The van der Waals surface area contributed by atoms with Gasteiger partial charge in [-0.15, -0.1) is 0 Å². The van der Waals surface area contributed by atoms with Gasteiger partial charge in [0.1, 0.15) is 17.2 Å². The van der Waals surface area contributed by atoms with Crippen LogP contribution in [-0.4, -0.2) is 29.0 Å². The first kappa shape index (κ1) is 21.0. The standard InChI is InChI=1S/C25H27FN4O/c1-30(21-10-6-3-7-11-21)24-22(17-27-23(29-24)19-8-4-2-5-9-19)25(31)28-16-18-12-14-20(26)15-13-18/h2,4-5,8-9,12-15,17,21H,3,6-7,10-11,16H2,1H3,(H,28,31). The molecule has 0 unspecified atom stereocenters. The van der Waals surface area contributed by atoms with Crippen LogP contribution in [0.4, 0.5) is 10.2 Å². The molecule has 0 radical (unpaired) electrons. The van der Waals surface area contributed by atoms with Crippen LogP contribution in [0.3, 0.4) is 0 Å². The van der Waals surface area contributed by atoms with E-state index in [1.807, 2.05) is 37.4 Å². The number of aromatic nitrogens is 2. The first-order chi connectivity index (χ1) is 15.1. The van der Waals surface area contributed by atoms with E-state index in [1.165, 1.54) is 31.4 Å². The Balaban J connectivity index is 1.61. The monoisotopic (exact) mass is 418 g/mol. The lowest BCUT2D eigenvalue weighted by molar-refractivity contribution is 0.0950. The molecule has 1 aliphatic rings. The fraction of sp³-hybridized carbons (Fsp3) is 0.320. The maximum absolute atomic E-state index is 13.1. The summed E-state index contributed by atoms with van der Waals surface area (Å²) in [6, 6.07) is 16.3. The molecule has 0 atom stereocenters. The van der Waals surface area contributed by atoms with E-state index >= 15 is 0 Å². The molecule has 6 heteroatoms. The molecule has 160 valence electrons. The molecule has 1 heterocycles. The highest BCUT2D eigenvalue weighted by Gasteiger charge is 2.24. The molecule has 5 nitrogen and oxygen atoms in total.